The van der Waals surface area contributed by atoms with Crippen molar-refractivity contribution in [2.24, 2.45) is 5.92 Å². The first-order valence-electron chi connectivity index (χ1n) is 13.4. The molecule has 5 aliphatic rings. The van der Waals surface area contributed by atoms with E-state index in [1.807, 2.05) is 30.3 Å². The van der Waals surface area contributed by atoms with E-state index in [-0.39, 0.29) is 0 Å². The van der Waals surface area contributed by atoms with Crippen molar-refractivity contribution in [3.05, 3.63) is 54.6 Å². The molecule has 0 bridgehead atoms. The normalized spacial score (nSPS) is 26.0. The van der Waals surface area contributed by atoms with Gasteiger partial charge in [0.15, 0.2) is 0 Å². The largest absolute Gasteiger partial charge is 0.493 e. The van der Waals surface area contributed by atoms with Gasteiger partial charge in [-0.25, -0.2) is 0 Å². The molecule has 7 rings (SSSR count). The number of anilines is 1. The Labute approximate surface area is 219 Å². The molecule has 0 aromatic heterocycles. The summed E-state index contributed by atoms with van der Waals surface area (Å²) in [5, 5.41) is 0. The Morgan fingerprint density at radius 1 is 0.649 bits per heavy atom. The van der Waals surface area contributed by atoms with Crippen LogP contribution in [0, 0.1) is 5.92 Å². The first-order chi connectivity index (χ1) is 18.2. The highest BCUT2D eigenvalue weighted by atomic mass is 16.6. The molecule has 0 spiro atoms. The second-order valence-corrected chi connectivity index (χ2v) is 10.1. The van der Waals surface area contributed by atoms with Crippen LogP contribution in [-0.4, -0.2) is 90.9 Å². The number of para-hydroxylation sites is 1. The maximum Gasteiger partial charge on any atom is 0.119 e. The van der Waals surface area contributed by atoms with Gasteiger partial charge in [0, 0.05) is 25.9 Å². The molecule has 4 unspecified atom stereocenters. The maximum atomic E-state index is 5.78. The van der Waals surface area contributed by atoms with Crippen molar-refractivity contribution in [3.8, 4) is 11.5 Å². The SMILES string of the molecule is COCC1CO1.c1cc(N(CC2CO2)CC2CO2)ccc1OCC1CC1.c1ccc(OCC2CO2)cc1. The molecule has 0 N–H and O–H groups in total. The van der Waals surface area contributed by atoms with Gasteiger partial charge in [-0.05, 0) is 55.2 Å². The van der Waals surface area contributed by atoms with Gasteiger partial charge in [-0.1, -0.05) is 18.2 Å². The van der Waals surface area contributed by atoms with E-state index < -0.39 is 0 Å². The molecule has 2 aromatic carbocycles. The van der Waals surface area contributed by atoms with Crippen molar-refractivity contribution >= 4 is 5.69 Å². The Morgan fingerprint density at radius 3 is 1.65 bits per heavy atom. The van der Waals surface area contributed by atoms with Crippen molar-refractivity contribution in [2.45, 2.75) is 37.3 Å². The van der Waals surface area contributed by atoms with Gasteiger partial charge in [-0.3, -0.25) is 0 Å². The van der Waals surface area contributed by atoms with Crippen molar-refractivity contribution in [3.63, 3.8) is 0 Å². The number of benzene rings is 2. The lowest BCUT2D eigenvalue weighted by molar-refractivity contribution is 0.171. The van der Waals surface area contributed by atoms with E-state index in [2.05, 4.69) is 29.2 Å². The molecule has 0 amide bonds. The highest BCUT2D eigenvalue weighted by Crippen LogP contribution is 2.30. The van der Waals surface area contributed by atoms with Gasteiger partial charge in [0.2, 0.25) is 0 Å². The number of epoxide rings is 4. The highest BCUT2D eigenvalue weighted by Gasteiger charge is 2.31. The zero-order valence-corrected chi connectivity index (χ0v) is 21.7. The number of rotatable bonds is 13. The number of hydrogen-bond acceptors (Lipinski definition) is 8. The third kappa shape index (κ3) is 10.9. The standard InChI is InChI=1S/C16H21NO3.C9H10O2.C4H8O2/c1-2-12(1)9-18-14-5-3-13(4-6-14)17(7-15-10-19-15)8-16-11-20-16;1-2-4-8(5-3-1)10-6-9-7-11-9;1-5-2-4-3-6-4/h3-6,12,15-16H,1-2,7-11H2;1-5,9H,6-7H2;4H,2-3H2,1H3. The first-order valence-corrected chi connectivity index (χ1v) is 13.4. The topological polar surface area (TPSA) is 81.1 Å². The summed E-state index contributed by atoms with van der Waals surface area (Å²) in [7, 11) is 1.68. The van der Waals surface area contributed by atoms with Crippen LogP contribution in [0.25, 0.3) is 0 Å². The average Bonchev–Trinajstić information content (AvgIpc) is 3.70. The summed E-state index contributed by atoms with van der Waals surface area (Å²) in [5.74, 6) is 2.69. The van der Waals surface area contributed by atoms with Crippen molar-refractivity contribution in [1.82, 2.24) is 0 Å². The van der Waals surface area contributed by atoms with Crippen LogP contribution in [0.3, 0.4) is 0 Å². The molecule has 8 heteroatoms. The Bertz CT molecular complexity index is 894. The number of hydrogen-bond donors (Lipinski definition) is 0. The molecular formula is C29H39NO7. The molecule has 2 aromatic rings. The highest BCUT2D eigenvalue weighted by molar-refractivity contribution is 5.49. The third-order valence-corrected chi connectivity index (χ3v) is 6.37. The van der Waals surface area contributed by atoms with E-state index in [1.54, 1.807) is 7.11 Å². The van der Waals surface area contributed by atoms with E-state index in [0.717, 1.165) is 70.1 Å². The molecule has 0 radical (unpaired) electrons. The third-order valence-electron chi connectivity index (χ3n) is 6.37. The van der Waals surface area contributed by atoms with Crippen LogP contribution >= 0.6 is 0 Å². The fraction of sp³-hybridized carbons (Fsp3) is 0.586. The summed E-state index contributed by atoms with van der Waals surface area (Å²) in [6.07, 6.45) is 4.23. The molecule has 1 saturated carbocycles. The molecule has 37 heavy (non-hydrogen) atoms. The van der Waals surface area contributed by atoms with Gasteiger partial charge in [0.1, 0.15) is 30.3 Å². The monoisotopic (exact) mass is 513 g/mol. The molecule has 1 aliphatic carbocycles. The maximum absolute atomic E-state index is 5.78. The number of ether oxygens (including phenoxy) is 7. The molecule has 4 heterocycles. The Morgan fingerprint density at radius 2 is 1.16 bits per heavy atom. The smallest absolute Gasteiger partial charge is 0.119 e. The van der Waals surface area contributed by atoms with Crippen LogP contribution < -0.4 is 14.4 Å². The van der Waals surface area contributed by atoms with Gasteiger partial charge in [-0.15, -0.1) is 0 Å². The van der Waals surface area contributed by atoms with E-state index in [9.17, 15) is 0 Å². The zero-order chi connectivity index (χ0) is 25.3. The summed E-state index contributed by atoms with van der Waals surface area (Å²) in [6, 6.07) is 18.2. The fourth-order valence-corrected chi connectivity index (χ4v) is 3.60. The molecule has 4 aliphatic heterocycles. The molecule has 5 fully saturated rings. The van der Waals surface area contributed by atoms with Crippen LogP contribution in [0.5, 0.6) is 11.5 Å². The van der Waals surface area contributed by atoms with Crippen LogP contribution in [0.2, 0.25) is 0 Å². The predicted octanol–water partition coefficient (Wildman–Crippen LogP) is 3.58. The summed E-state index contributed by atoms with van der Waals surface area (Å²) in [6.45, 7) is 7.78. The second-order valence-electron chi connectivity index (χ2n) is 10.1. The van der Waals surface area contributed by atoms with Crippen LogP contribution in [-0.2, 0) is 23.7 Å². The van der Waals surface area contributed by atoms with Gasteiger partial charge in [0.05, 0.1) is 51.8 Å². The number of nitrogens with zero attached hydrogens (tertiary/aromatic N) is 1. The van der Waals surface area contributed by atoms with Crippen LogP contribution in [0.1, 0.15) is 12.8 Å². The summed E-state index contributed by atoms with van der Waals surface area (Å²) < 4.78 is 36.5. The Balaban J connectivity index is 0.000000137. The Kier molecular flexibility index (Phi) is 9.54. The average molecular weight is 514 g/mol. The van der Waals surface area contributed by atoms with Gasteiger partial charge in [0.25, 0.3) is 0 Å². The summed E-state index contributed by atoms with van der Waals surface area (Å²) >= 11 is 0. The van der Waals surface area contributed by atoms with Gasteiger partial charge >= 0.3 is 0 Å². The lowest BCUT2D eigenvalue weighted by Crippen LogP contribution is -2.31. The van der Waals surface area contributed by atoms with E-state index >= 15 is 0 Å². The lowest BCUT2D eigenvalue weighted by atomic mass is 10.2. The van der Waals surface area contributed by atoms with Crippen molar-refractivity contribution < 1.29 is 33.2 Å². The molecule has 8 nitrogen and oxygen atoms in total. The molecule has 202 valence electrons. The molecule has 4 saturated heterocycles. The fourth-order valence-electron chi connectivity index (χ4n) is 3.60. The summed E-state index contributed by atoms with van der Waals surface area (Å²) in [5.41, 5.74) is 1.23. The Hall–Kier alpha value is -2.36. The quantitative estimate of drug-likeness (QED) is 0.376. The van der Waals surface area contributed by atoms with E-state index in [0.29, 0.717) is 31.0 Å². The lowest BCUT2D eigenvalue weighted by Gasteiger charge is -2.23. The minimum Gasteiger partial charge on any atom is -0.493 e. The van der Waals surface area contributed by atoms with Gasteiger partial charge in [-0.2, -0.15) is 0 Å². The van der Waals surface area contributed by atoms with Crippen LogP contribution in [0.15, 0.2) is 54.6 Å². The molecular weight excluding hydrogens is 474 g/mol. The van der Waals surface area contributed by atoms with Crippen molar-refractivity contribution in [1.29, 1.82) is 0 Å². The minimum atomic E-state index is 0.343. The van der Waals surface area contributed by atoms with Crippen molar-refractivity contribution in [2.75, 3.05) is 71.3 Å². The van der Waals surface area contributed by atoms with Gasteiger partial charge < -0.3 is 38.1 Å². The van der Waals surface area contributed by atoms with E-state index in [4.69, 9.17) is 33.2 Å². The predicted molar refractivity (Wildman–Crippen MR) is 140 cm³/mol. The molecule has 4 atom stereocenters. The van der Waals surface area contributed by atoms with E-state index in [1.165, 1.54) is 18.5 Å². The van der Waals surface area contributed by atoms with Crippen LogP contribution in [0.4, 0.5) is 5.69 Å². The second kappa shape index (κ2) is 13.4. The minimum absolute atomic E-state index is 0.343. The first kappa shape index (κ1) is 26.3. The summed E-state index contributed by atoms with van der Waals surface area (Å²) in [4.78, 5) is 2.36. The number of methoxy groups -OCH3 is 1. The zero-order valence-electron chi connectivity index (χ0n) is 21.7.